The van der Waals surface area contributed by atoms with Gasteiger partial charge in [-0.3, -0.25) is 0 Å². The lowest BCUT2D eigenvalue weighted by Gasteiger charge is -2.18. The van der Waals surface area contributed by atoms with Crippen LogP contribution in [0.1, 0.15) is 58.8 Å². The third-order valence-corrected chi connectivity index (χ3v) is 5.13. The molecule has 15 heavy (non-hydrogen) atoms. The lowest BCUT2D eigenvalue weighted by atomic mass is 10.1. The van der Waals surface area contributed by atoms with Gasteiger partial charge < -0.3 is 8.85 Å². The molecule has 0 rings (SSSR count). The predicted molar refractivity (Wildman–Crippen MR) is 68.6 cm³/mol. The van der Waals surface area contributed by atoms with Crippen molar-refractivity contribution in [3.8, 4) is 0 Å². The van der Waals surface area contributed by atoms with Crippen molar-refractivity contribution in [3.63, 3.8) is 0 Å². The average molecular weight is 232 g/mol. The molecule has 0 amide bonds. The highest BCUT2D eigenvalue weighted by Gasteiger charge is 2.18. The zero-order chi connectivity index (χ0) is 11.5. The maximum absolute atomic E-state index is 5.37. The van der Waals surface area contributed by atoms with Gasteiger partial charge in [-0.15, -0.1) is 0 Å². The molecule has 92 valence electrons. The second-order valence-electron chi connectivity index (χ2n) is 4.37. The van der Waals surface area contributed by atoms with Crippen molar-refractivity contribution in [2.24, 2.45) is 0 Å². The first kappa shape index (κ1) is 15.1. The molecule has 3 heteroatoms. The van der Waals surface area contributed by atoms with Gasteiger partial charge in [0.25, 0.3) is 0 Å². The van der Waals surface area contributed by atoms with Crippen molar-refractivity contribution in [2.45, 2.75) is 64.3 Å². The molecule has 0 fully saturated rings. The molecule has 2 nitrogen and oxygen atoms in total. The summed E-state index contributed by atoms with van der Waals surface area (Å²) in [6.07, 6.45) is 9.50. The summed E-state index contributed by atoms with van der Waals surface area (Å²) >= 11 is 0. The Labute approximate surface area is 97.2 Å². The summed E-state index contributed by atoms with van der Waals surface area (Å²) < 4.78 is 10.7. The molecule has 0 aliphatic heterocycles. The van der Waals surface area contributed by atoms with Crippen LogP contribution in [-0.4, -0.2) is 23.5 Å². The van der Waals surface area contributed by atoms with E-state index in [4.69, 9.17) is 8.85 Å². The molecule has 0 aliphatic carbocycles. The Balaban J connectivity index is 3.33. The van der Waals surface area contributed by atoms with Gasteiger partial charge >= 0.3 is 9.28 Å². The minimum absolute atomic E-state index is 0.645. The summed E-state index contributed by atoms with van der Waals surface area (Å²) in [6, 6.07) is 0. The molecule has 0 saturated heterocycles. The lowest BCUT2D eigenvalue weighted by Crippen LogP contribution is -2.24. The quantitative estimate of drug-likeness (QED) is 0.423. The summed E-state index contributed by atoms with van der Waals surface area (Å²) in [4.78, 5) is 0. The molecular weight excluding hydrogens is 204 g/mol. The molecule has 0 aromatic heterocycles. The third kappa shape index (κ3) is 8.00. The minimum atomic E-state index is -1.35. The second-order valence-corrected chi connectivity index (χ2v) is 7.19. The largest absolute Gasteiger partial charge is 0.400 e. The van der Waals surface area contributed by atoms with Crippen LogP contribution in [0, 0.1) is 0 Å². The van der Waals surface area contributed by atoms with Crippen LogP contribution < -0.4 is 0 Å². The van der Waals surface area contributed by atoms with Gasteiger partial charge in [-0.2, -0.15) is 0 Å². The van der Waals surface area contributed by atoms with E-state index < -0.39 is 9.28 Å². The summed E-state index contributed by atoms with van der Waals surface area (Å²) in [7, 11) is 2.20. The average Bonchev–Trinajstić information content (AvgIpc) is 2.25. The summed E-state index contributed by atoms with van der Waals surface area (Å²) in [5.74, 6) is 0. The zero-order valence-corrected chi connectivity index (χ0v) is 12.1. The highest BCUT2D eigenvalue weighted by molar-refractivity contribution is 6.46. The predicted octanol–water partition coefficient (Wildman–Crippen LogP) is 3.64. The topological polar surface area (TPSA) is 18.5 Å². The Hall–Kier alpha value is 0.137. The van der Waals surface area contributed by atoms with Crippen molar-refractivity contribution in [1.82, 2.24) is 0 Å². The molecule has 0 bridgehead atoms. The van der Waals surface area contributed by atoms with Gasteiger partial charge in [0.05, 0.1) is 0 Å². The molecule has 1 unspecified atom stereocenters. The Bertz CT molecular complexity index is 127. The van der Waals surface area contributed by atoms with Crippen LogP contribution in [0.3, 0.4) is 0 Å². The third-order valence-electron chi connectivity index (χ3n) is 2.94. The van der Waals surface area contributed by atoms with Crippen LogP contribution in [0.4, 0.5) is 0 Å². The van der Waals surface area contributed by atoms with Crippen LogP contribution in [0.15, 0.2) is 0 Å². The van der Waals surface area contributed by atoms with Crippen LogP contribution >= 0.6 is 0 Å². The molecule has 0 heterocycles. The Kier molecular flexibility index (Phi) is 10.7. The van der Waals surface area contributed by atoms with Crippen LogP contribution in [0.5, 0.6) is 0 Å². The fraction of sp³-hybridized carbons (Fsp3) is 1.00. The van der Waals surface area contributed by atoms with Gasteiger partial charge in [0.2, 0.25) is 0 Å². The van der Waals surface area contributed by atoms with E-state index in [2.05, 4.69) is 13.8 Å². The first-order valence-corrected chi connectivity index (χ1v) is 7.92. The number of rotatable bonds is 10. The standard InChI is InChI=1S/C12H28O2Si/c1-5-6-7-8-9-10-11-12(2)15(13-3)14-4/h12,15H,5-11H2,1-4H3. The highest BCUT2D eigenvalue weighted by atomic mass is 28.3. The SMILES string of the molecule is CCCCCCCCC(C)[SiH](OC)OC. The van der Waals surface area contributed by atoms with E-state index in [1.807, 2.05) is 0 Å². The summed E-state index contributed by atoms with van der Waals surface area (Å²) in [5.41, 5.74) is 0.645. The van der Waals surface area contributed by atoms with Gasteiger partial charge in [-0.25, -0.2) is 0 Å². The molecule has 0 saturated carbocycles. The van der Waals surface area contributed by atoms with Gasteiger partial charge in [0.1, 0.15) is 0 Å². The maximum Gasteiger partial charge on any atom is 0.323 e. The van der Waals surface area contributed by atoms with Crippen LogP contribution in [0.2, 0.25) is 5.54 Å². The van der Waals surface area contributed by atoms with Crippen molar-refractivity contribution >= 4 is 9.28 Å². The first-order valence-electron chi connectivity index (χ1n) is 6.31. The Morgan fingerprint density at radius 3 is 2.00 bits per heavy atom. The molecule has 0 aliphatic rings. The Morgan fingerprint density at radius 2 is 1.47 bits per heavy atom. The van der Waals surface area contributed by atoms with E-state index >= 15 is 0 Å². The van der Waals surface area contributed by atoms with Gasteiger partial charge in [-0.05, 0) is 12.0 Å². The van der Waals surface area contributed by atoms with E-state index in [-0.39, 0.29) is 0 Å². The molecule has 0 radical (unpaired) electrons. The van der Waals surface area contributed by atoms with Crippen molar-refractivity contribution in [3.05, 3.63) is 0 Å². The monoisotopic (exact) mass is 232 g/mol. The molecule has 0 aromatic rings. The van der Waals surface area contributed by atoms with E-state index in [0.717, 1.165) is 0 Å². The van der Waals surface area contributed by atoms with Crippen molar-refractivity contribution in [1.29, 1.82) is 0 Å². The number of hydrogen-bond donors (Lipinski definition) is 0. The molecular formula is C12H28O2Si. The normalized spacial score (nSPS) is 13.4. The van der Waals surface area contributed by atoms with Gasteiger partial charge in [0.15, 0.2) is 0 Å². The van der Waals surface area contributed by atoms with E-state index in [1.165, 1.54) is 44.9 Å². The Morgan fingerprint density at radius 1 is 0.933 bits per heavy atom. The summed E-state index contributed by atoms with van der Waals surface area (Å²) in [6.45, 7) is 4.52. The van der Waals surface area contributed by atoms with E-state index in [1.54, 1.807) is 14.2 Å². The molecule has 0 spiro atoms. The number of hydrogen-bond acceptors (Lipinski definition) is 2. The van der Waals surface area contributed by atoms with Gasteiger partial charge in [0, 0.05) is 14.2 Å². The summed E-state index contributed by atoms with van der Waals surface area (Å²) in [5, 5.41) is 0. The fourth-order valence-corrected chi connectivity index (χ4v) is 3.57. The maximum atomic E-state index is 5.37. The fourth-order valence-electron chi connectivity index (χ4n) is 1.94. The molecule has 0 aromatic carbocycles. The van der Waals surface area contributed by atoms with Crippen molar-refractivity contribution < 1.29 is 8.85 Å². The minimum Gasteiger partial charge on any atom is -0.400 e. The van der Waals surface area contributed by atoms with Crippen LogP contribution in [0.25, 0.3) is 0 Å². The smallest absolute Gasteiger partial charge is 0.323 e. The van der Waals surface area contributed by atoms with E-state index in [0.29, 0.717) is 5.54 Å². The first-order chi connectivity index (χ1) is 7.26. The highest BCUT2D eigenvalue weighted by Crippen LogP contribution is 2.19. The van der Waals surface area contributed by atoms with Crippen molar-refractivity contribution in [2.75, 3.05) is 14.2 Å². The zero-order valence-electron chi connectivity index (χ0n) is 10.9. The number of unbranched alkanes of at least 4 members (excludes halogenated alkanes) is 5. The van der Waals surface area contributed by atoms with E-state index in [9.17, 15) is 0 Å². The molecule has 1 atom stereocenters. The lowest BCUT2D eigenvalue weighted by molar-refractivity contribution is 0.264. The van der Waals surface area contributed by atoms with Gasteiger partial charge in [-0.1, -0.05) is 52.4 Å². The second kappa shape index (κ2) is 10.6. The molecule has 0 N–H and O–H groups in total. The van der Waals surface area contributed by atoms with Crippen LogP contribution in [-0.2, 0) is 8.85 Å².